The fraction of sp³-hybridized carbons (Fsp3) is 0.0800. The van der Waals surface area contributed by atoms with Gasteiger partial charge in [0.2, 0.25) is 6.79 Å². The average molecular weight is 546 g/mol. The number of imide groups is 2. The van der Waals surface area contributed by atoms with Crippen molar-refractivity contribution in [1.29, 1.82) is 0 Å². The molecule has 0 unspecified atom stereocenters. The van der Waals surface area contributed by atoms with Crippen molar-refractivity contribution < 1.29 is 28.6 Å². The number of nitrogens with zero attached hydrogens (tertiary/aromatic N) is 1. The van der Waals surface area contributed by atoms with Crippen molar-refractivity contribution in [3.8, 4) is 17.2 Å². The number of carbonyl (C=O) groups excluding carboxylic acids is 3. The summed E-state index contributed by atoms with van der Waals surface area (Å²) in [6.45, 7) is 0.162. The first kappa shape index (κ1) is 24.0. The average Bonchev–Trinajstić information content (AvgIpc) is 3.30. The number of rotatable bonds is 5. The van der Waals surface area contributed by atoms with Crippen molar-refractivity contribution in [3.05, 3.63) is 86.4 Å². The molecule has 0 saturated carbocycles. The molecule has 8 nitrogen and oxygen atoms in total. The van der Waals surface area contributed by atoms with E-state index in [1.807, 2.05) is 12.1 Å². The molecule has 0 radical (unpaired) electrons. The molecule has 0 aliphatic carbocycles. The summed E-state index contributed by atoms with van der Waals surface area (Å²) in [5.41, 5.74) is 1.02. The van der Waals surface area contributed by atoms with E-state index in [0.717, 1.165) is 10.5 Å². The summed E-state index contributed by atoms with van der Waals surface area (Å²) < 4.78 is 16.3. The maximum atomic E-state index is 13.2. The van der Waals surface area contributed by atoms with Crippen molar-refractivity contribution in [3.63, 3.8) is 0 Å². The molecule has 11 heteroatoms. The van der Waals surface area contributed by atoms with E-state index < -0.39 is 17.8 Å². The second kappa shape index (κ2) is 9.73. The summed E-state index contributed by atoms with van der Waals surface area (Å²) in [6, 6.07) is 13.8. The van der Waals surface area contributed by atoms with Gasteiger partial charge >= 0.3 is 6.03 Å². The van der Waals surface area contributed by atoms with Crippen LogP contribution >= 0.6 is 34.8 Å². The SMILES string of the molecule is O=C1NC(=O)N(c2ccc3c(c2)OCO3)C(=O)/C1=C/c1cc(Cl)c(OCc2ccccc2Cl)c(Cl)c1. The van der Waals surface area contributed by atoms with Gasteiger partial charge in [-0.05, 0) is 42.0 Å². The smallest absolute Gasteiger partial charge is 0.335 e. The molecular formula is C25H15Cl3N2O6. The van der Waals surface area contributed by atoms with E-state index in [9.17, 15) is 14.4 Å². The second-order valence-corrected chi connectivity index (χ2v) is 8.91. The number of fused-ring (bicyclic) bond motifs is 1. The summed E-state index contributed by atoms with van der Waals surface area (Å²) in [4.78, 5) is 39.0. The number of barbiturate groups is 1. The molecule has 0 spiro atoms. The summed E-state index contributed by atoms with van der Waals surface area (Å²) in [5, 5.41) is 3.02. The summed E-state index contributed by atoms with van der Waals surface area (Å²) in [6.07, 6.45) is 1.29. The van der Waals surface area contributed by atoms with Gasteiger partial charge in [-0.2, -0.15) is 0 Å². The Labute approximate surface area is 219 Å². The Morgan fingerprint density at radius 3 is 2.39 bits per heavy atom. The van der Waals surface area contributed by atoms with Crippen LogP contribution in [0.4, 0.5) is 10.5 Å². The third-order valence-electron chi connectivity index (χ3n) is 5.38. The second-order valence-electron chi connectivity index (χ2n) is 7.69. The lowest BCUT2D eigenvalue weighted by molar-refractivity contribution is -0.122. The summed E-state index contributed by atoms with van der Waals surface area (Å²) >= 11 is 18.9. The Hall–Kier alpha value is -3.72. The van der Waals surface area contributed by atoms with Gasteiger partial charge in [-0.1, -0.05) is 53.0 Å². The van der Waals surface area contributed by atoms with Crippen LogP contribution < -0.4 is 24.4 Å². The maximum absolute atomic E-state index is 13.2. The van der Waals surface area contributed by atoms with Crippen LogP contribution in [-0.4, -0.2) is 24.6 Å². The number of hydrogen-bond donors (Lipinski definition) is 1. The molecular weight excluding hydrogens is 531 g/mol. The third-order valence-corrected chi connectivity index (χ3v) is 6.31. The Balaban J connectivity index is 1.42. The van der Waals surface area contributed by atoms with Crippen LogP contribution in [0.2, 0.25) is 15.1 Å². The lowest BCUT2D eigenvalue weighted by Crippen LogP contribution is -2.54. The molecule has 0 bridgehead atoms. The van der Waals surface area contributed by atoms with Crippen LogP contribution in [0.25, 0.3) is 6.08 Å². The monoisotopic (exact) mass is 544 g/mol. The number of anilines is 1. The molecule has 4 amide bonds. The van der Waals surface area contributed by atoms with E-state index >= 15 is 0 Å². The van der Waals surface area contributed by atoms with Crippen LogP contribution in [0, 0.1) is 0 Å². The van der Waals surface area contributed by atoms with Gasteiger partial charge in [0.05, 0.1) is 15.7 Å². The van der Waals surface area contributed by atoms with Crippen molar-refractivity contribution in [2.45, 2.75) is 6.61 Å². The van der Waals surface area contributed by atoms with E-state index in [4.69, 9.17) is 49.0 Å². The van der Waals surface area contributed by atoms with Gasteiger partial charge in [0.25, 0.3) is 11.8 Å². The van der Waals surface area contributed by atoms with Gasteiger partial charge in [0.1, 0.15) is 12.2 Å². The molecule has 182 valence electrons. The molecule has 1 N–H and O–H groups in total. The highest BCUT2D eigenvalue weighted by Gasteiger charge is 2.37. The topological polar surface area (TPSA) is 94.2 Å². The minimum Gasteiger partial charge on any atom is -0.486 e. The molecule has 1 fully saturated rings. The lowest BCUT2D eigenvalue weighted by Gasteiger charge is -2.26. The van der Waals surface area contributed by atoms with Crippen molar-refractivity contribution >= 4 is 64.4 Å². The zero-order valence-corrected chi connectivity index (χ0v) is 20.5. The predicted octanol–water partition coefficient (Wildman–Crippen LogP) is 5.62. The highest BCUT2D eigenvalue weighted by Crippen LogP contribution is 2.38. The summed E-state index contributed by atoms with van der Waals surface area (Å²) in [5.74, 6) is -0.600. The number of urea groups is 1. The quantitative estimate of drug-likeness (QED) is 0.330. The van der Waals surface area contributed by atoms with E-state index in [2.05, 4.69) is 5.32 Å². The fourth-order valence-electron chi connectivity index (χ4n) is 3.65. The third kappa shape index (κ3) is 4.58. The zero-order valence-electron chi connectivity index (χ0n) is 18.2. The molecule has 1 saturated heterocycles. The van der Waals surface area contributed by atoms with E-state index in [1.165, 1.54) is 30.3 Å². The van der Waals surface area contributed by atoms with Gasteiger partial charge in [-0.15, -0.1) is 0 Å². The predicted molar refractivity (Wildman–Crippen MR) is 134 cm³/mol. The summed E-state index contributed by atoms with van der Waals surface area (Å²) in [7, 11) is 0. The number of ether oxygens (including phenoxy) is 3. The van der Waals surface area contributed by atoms with Crippen molar-refractivity contribution in [2.24, 2.45) is 0 Å². The number of hydrogen-bond acceptors (Lipinski definition) is 6. The molecule has 0 aromatic heterocycles. The Morgan fingerprint density at radius 1 is 0.917 bits per heavy atom. The first-order chi connectivity index (χ1) is 17.3. The van der Waals surface area contributed by atoms with E-state index in [1.54, 1.807) is 18.2 Å². The van der Waals surface area contributed by atoms with Gasteiger partial charge < -0.3 is 14.2 Å². The highest BCUT2D eigenvalue weighted by molar-refractivity contribution is 6.40. The number of amides is 4. The van der Waals surface area contributed by atoms with Gasteiger partial charge in [0.15, 0.2) is 17.2 Å². The molecule has 2 heterocycles. The molecule has 2 aliphatic heterocycles. The van der Waals surface area contributed by atoms with Crippen LogP contribution in [0.15, 0.2) is 60.2 Å². The number of nitrogens with one attached hydrogen (secondary N) is 1. The minimum atomic E-state index is -0.889. The Kier molecular flexibility index (Phi) is 6.49. The fourth-order valence-corrected chi connectivity index (χ4v) is 4.45. The zero-order chi connectivity index (χ0) is 25.4. The highest BCUT2D eigenvalue weighted by atomic mass is 35.5. The van der Waals surface area contributed by atoms with Crippen LogP contribution in [0.5, 0.6) is 17.2 Å². The van der Waals surface area contributed by atoms with Gasteiger partial charge in [-0.25, -0.2) is 9.69 Å². The largest absolute Gasteiger partial charge is 0.486 e. The van der Waals surface area contributed by atoms with Crippen LogP contribution in [0.3, 0.4) is 0 Å². The molecule has 0 atom stereocenters. The Morgan fingerprint density at radius 2 is 1.64 bits per heavy atom. The maximum Gasteiger partial charge on any atom is 0.335 e. The molecule has 36 heavy (non-hydrogen) atoms. The van der Waals surface area contributed by atoms with Crippen LogP contribution in [0.1, 0.15) is 11.1 Å². The van der Waals surface area contributed by atoms with Gasteiger partial charge in [-0.3, -0.25) is 14.9 Å². The standard InChI is InChI=1S/C25H15Cl3N2O6/c26-17-4-2-1-3-14(17)11-34-22-18(27)8-13(9-19(22)28)7-16-23(31)29-25(33)30(24(16)32)15-5-6-20-21(10-15)36-12-35-20/h1-10H,11-12H2,(H,29,31,33)/b16-7+. The van der Waals surface area contributed by atoms with Crippen molar-refractivity contribution in [2.75, 3.05) is 11.7 Å². The van der Waals surface area contributed by atoms with Crippen LogP contribution in [-0.2, 0) is 16.2 Å². The molecule has 2 aliphatic rings. The van der Waals surface area contributed by atoms with Crippen molar-refractivity contribution in [1.82, 2.24) is 5.32 Å². The number of carbonyl (C=O) groups is 3. The van der Waals surface area contributed by atoms with E-state index in [0.29, 0.717) is 22.1 Å². The molecule has 3 aromatic carbocycles. The van der Waals surface area contributed by atoms with E-state index in [-0.39, 0.29) is 40.5 Å². The first-order valence-corrected chi connectivity index (χ1v) is 11.6. The lowest BCUT2D eigenvalue weighted by atomic mass is 10.1. The normalized spacial score (nSPS) is 15.9. The molecule has 5 rings (SSSR count). The number of benzene rings is 3. The number of halogens is 3. The minimum absolute atomic E-state index is 0.0299. The Bertz CT molecular complexity index is 1430. The molecule has 3 aromatic rings. The first-order valence-electron chi connectivity index (χ1n) is 10.5. The van der Waals surface area contributed by atoms with Gasteiger partial charge in [0, 0.05) is 16.7 Å².